The maximum absolute atomic E-state index is 14.5. The molecule has 0 spiro atoms. The minimum absolute atomic E-state index is 0.0449. The molecule has 1 heterocycles. The van der Waals surface area contributed by atoms with Crippen LogP contribution in [-0.4, -0.2) is 43.3 Å². The minimum atomic E-state index is -4.70. The number of nitrogens with zero attached hydrogens (tertiary/aromatic N) is 2. The lowest BCUT2D eigenvalue weighted by atomic mass is 10.1. The molecule has 1 unspecified atom stereocenters. The SMILES string of the molecule is CCNS(=O)(=O)N(C)C(=O)C(C)Oc1cc(-c2ncc(C(F)(F)F)cc2Cl)c(F)cc1Cl. The molecule has 1 aromatic carbocycles. The van der Waals surface area contributed by atoms with Gasteiger partial charge in [0.05, 0.1) is 21.3 Å². The highest BCUT2D eigenvalue weighted by Crippen LogP contribution is 2.38. The summed E-state index contributed by atoms with van der Waals surface area (Å²) in [5, 5.41) is -0.751. The fraction of sp³-hybridized carbons (Fsp3) is 0.333. The third kappa shape index (κ3) is 5.80. The van der Waals surface area contributed by atoms with Crippen LogP contribution in [0.25, 0.3) is 11.3 Å². The fourth-order valence-corrected chi connectivity index (χ4v) is 3.89. The van der Waals surface area contributed by atoms with Gasteiger partial charge in [-0.2, -0.15) is 26.3 Å². The Kier molecular flexibility index (Phi) is 7.97. The summed E-state index contributed by atoms with van der Waals surface area (Å²) in [5.74, 6) is -2.16. The predicted molar refractivity (Wildman–Crippen MR) is 110 cm³/mol. The summed E-state index contributed by atoms with van der Waals surface area (Å²) >= 11 is 11.8. The van der Waals surface area contributed by atoms with Gasteiger partial charge in [-0.15, -0.1) is 0 Å². The number of carbonyl (C=O) groups is 1. The van der Waals surface area contributed by atoms with Gasteiger partial charge in [-0.25, -0.2) is 8.70 Å². The van der Waals surface area contributed by atoms with Crippen molar-refractivity contribution in [1.82, 2.24) is 14.0 Å². The zero-order chi connectivity index (χ0) is 24.4. The number of pyridine rings is 1. The molecule has 7 nitrogen and oxygen atoms in total. The van der Waals surface area contributed by atoms with E-state index in [0.29, 0.717) is 16.6 Å². The van der Waals surface area contributed by atoms with Crippen molar-refractivity contribution >= 4 is 39.3 Å². The maximum Gasteiger partial charge on any atom is 0.417 e. The van der Waals surface area contributed by atoms with Crippen LogP contribution < -0.4 is 9.46 Å². The molecule has 0 radical (unpaired) electrons. The highest BCUT2D eigenvalue weighted by atomic mass is 35.5. The van der Waals surface area contributed by atoms with Gasteiger partial charge in [0.25, 0.3) is 5.91 Å². The molecule has 1 atom stereocenters. The van der Waals surface area contributed by atoms with Crippen LogP contribution in [0.1, 0.15) is 19.4 Å². The smallest absolute Gasteiger partial charge is 0.417 e. The van der Waals surface area contributed by atoms with Crippen LogP contribution in [0.5, 0.6) is 5.75 Å². The zero-order valence-electron chi connectivity index (χ0n) is 16.8. The van der Waals surface area contributed by atoms with Gasteiger partial charge in [0.1, 0.15) is 11.6 Å². The average molecular weight is 518 g/mol. The Labute approximate surface area is 191 Å². The van der Waals surface area contributed by atoms with Gasteiger partial charge in [0, 0.05) is 25.4 Å². The number of amides is 1. The molecule has 14 heteroatoms. The van der Waals surface area contributed by atoms with E-state index in [2.05, 4.69) is 9.71 Å². The molecule has 0 aliphatic carbocycles. The number of hydrogen-bond acceptors (Lipinski definition) is 5. The molecule has 0 aliphatic heterocycles. The van der Waals surface area contributed by atoms with Gasteiger partial charge >= 0.3 is 16.4 Å². The number of rotatable bonds is 7. The van der Waals surface area contributed by atoms with Crippen LogP contribution in [0.15, 0.2) is 24.4 Å². The molecule has 1 aromatic heterocycles. The van der Waals surface area contributed by atoms with Crippen molar-refractivity contribution in [3.63, 3.8) is 0 Å². The van der Waals surface area contributed by atoms with Crippen LogP contribution in [0, 0.1) is 5.82 Å². The molecule has 0 saturated heterocycles. The number of nitrogens with one attached hydrogen (secondary N) is 1. The number of halogens is 6. The Bertz CT molecular complexity index is 1130. The topological polar surface area (TPSA) is 88.6 Å². The maximum atomic E-state index is 14.5. The molecular formula is C18H17Cl2F4N3O4S. The lowest BCUT2D eigenvalue weighted by Gasteiger charge is -2.22. The summed E-state index contributed by atoms with van der Waals surface area (Å²) < 4.78 is 84.9. The lowest BCUT2D eigenvalue weighted by molar-refractivity contribution is -0.137. The Morgan fingerprint density at radius 3 is 2.41 bits per heavy atom. The Morgan fingerprint density at radius 1 is 1.25 bits per heavy atom. The van der Waals surface area contributed by atoms with Crippen molar-refractivity contribution in [2.45, 2.75) is 26.1 Å². The van der Waals surface area contributed by atoms with E-state index in [9.17, 15) is 30.8 Å². The first-order chi connectivity index (χ1) is 14.7. The number of ether oxygens (including phenoxy) is 1. The first kappa shape index (κ1) is 26.1. The molecule has 2 rings (SSSR count). The lowest BCUT2D eigenvalue weighted by Crippen LogP contribution is -2.46. The van der Waals surface area contributed by atoms with Gasteiger partial charge in [-0.3, -0.25) is 9.78 Å². The Hall–Kier alpha value is -2.15. The van der Waals surface area contributed by atoms with E-state index in [4.69, 9.17) is 27.9 Å². The van der Waals surface area contributed by atoms with E-state index in [1.807, 2.05) is 0 Å². The molecule has 0 bridgehead atoms. The van der Waals surface area contributed by atoms with Crippen molar-refractivity contribution in [1.29, 1.82) is 0 Å². The average Bonchev–Trinajstić information content (AvgIpc) is 2.68. The summed E-state index contributed by atoms with van der Waals surface area (Å²) in [6, 6.07) is 2.39. The van der Waals surface area contributed by atoms with Crippen LogP contribution in [0.4, 0.5) is 17.6 Å². The Balaban J connectivity index is 2.38. The number of carbonyl (C=O) groups excluding carboxylic acids is 1. The molecule has 0 fully saturated rings. The van der Waals surface area contributed by atoms with Gasteiger partial charge in [-0.05, 0) is 25.1 Å². The fourth-order valence-electron chi connectivity index (χ4n) is 2.49. The van der Waals surface area contributed by atoms with Crippen LogP contribution in [0.2, 0.25) is 10.0 Å². The van der Waals surface area contributed by atoms with E-state index >= 15 is 0 Å². The second kappa shape index (κ2) is 9.77. The summed E-state index contributed by atoms with van der Waals surface area (Å²) in [6.07, 6.45) is -5.58. The monoisotopic (exact) mass is 517 g/mol. The van der Waals surface area contributed by atoms with Crippen LogP contribution >= 0.6 is 23.2 Å². The van der Waals surface area contributed by atoms with E-state index in [1.54, 1.807) is 0 Å². The van der Waals surface area contributed by atoms with Gasteiger partial charge < -0.3 is 4.74 Å². The standard InChI is InChI=1S/C18H17Cl2F4N3O4S/c1-4-26-32(29,30)27(3)17(28)9(2)31-15-6-11(14(21)7-12(15)19)16-13(20)5-10(8-25-16)18(22,23)24/h5-9,26H,4H2,1-3H3. The molecule has 2 aromatic rings. The second-order valence-electron chi connectivity index (χ2n) is 6.38. The third-order valence-electron chi connectivity index (χ3n) is 4.09. The summed E-state index contributed by atoms with van der Waals surface area (Å²) in [4.78, 5) is 16.0. The largest absolute Gasteiger partial charge is 0.479 e. The van der Waals surface area contributed by atoms with E-state index in [0.717, 1.165) is 19.2 Å². The Morgan fingerprint density at radius 2 is 1.88 bits per heavy atom. The second-order valence-corrected chi connectivity index (χ2v) is 8.98. The predicted octanol–water partition coefficient (Wildman–Crippen LogP) is 4.29. The number of aromatic nitrogens is 1. The summed E-state index contributed by atoms with van der Waals surface area (Å²) in [6.45, 7) is 2.81. The number of likely N-dealkylation sites (N-methyl/N-ethyl adjacent to an activating group) is 1. The van der Waals surface area contributed by atoms with Crippen LogP contribution in [-0.2, 0) is 21.2 Å². The number of alkyl halides is 3. The number of hydrogen-bond donors (Lipinski definition) is 1. The zero-order valence-corrected chi connectivity index (χ0v) is 19.1. The molecule has 176 valence electrons. The quantitative estimate of drug-likeness (QED) is 0.553. The van der Waals surface area contributed by atoms with Crippen molar-refractivity contribution in [3.05, 3.63) is 45.8 Å². The third-order valence-corrected chi connectivity index (χ3v) is 6.23. The van der Waals surface area contributed by atoms with Gasteiger partial charge in [-0.1, -0.05) is 30.1 Å². The minimum Gasteiger partial charge on any atom is -0.479 e. The molecular weight excluding hydrogens is 501 g/mol. The first-order valence-corrected chi connectivity index (χ1v) is 11.0. The first-order valence-electron chi connectivity index (χ1n) is 8.85. The van der Waals surface area contributed by atoms with Crippen molar-refractivity contribution in [3.8, 4) is 17.0 Å². The van der Waals surface area contributed by atoms with Crippen LogP contribution in [0.3, 0.4) is 0 Å². The van der Waals surface area contributed by atoms with Gasteiger partial charge in [0.15, 0.2) is 6.10 Å². The highest BCUT2D eigenvalue weighted by Gasteiger charge is 2.32. The summed E-state index contributed by atoms with van der Waals surface area (Å²) in [5.41, 5.74) is -1.78. The van der Waals surface area contributed by atoms with E-state index < -0.39 is 44.8 Å². The van der Waals surface area contributed by atoms with Crippen molar-refractivity contribution in [2.24, 2.45) is 0 Å². The number of benzene rings is 1. The molecule has 1 amide bonds. The van der Waals surface area contributed by atoms with E-state index in [1.165, 1.54) is 13.8 Å². The molecule has 32 heavy (non-hydrogen) atoms. The van der Waals surface area contributed by atoms with E-state index in [-0.39, 0.29) is 28.6 Å². The van der Waals surface area contributed by atoms with Crippen molar-refractivity contribution in [2.75, 3.05) is 13.6 Å². The van der Waals surface area contributed by atoms with Crippen molar-refractivity contribution < 1.29 is 35.5 Å². The normalized spacial score (nSPS) is 13.0. The highest BCUT2D eigenvalue weighted by molar-refractivity contribution is 7.87. The summed E-state index contributed by atoms with van der Waals surface area (Å²) in [7, 11) is -3.08. The molecule has 1 N–H and O–H groups in total. The molecule has 0 aliphatic rings. The molecule has 0 saturated carbocycles. The van der Waals surface area contributed by atoms with Gasteiger partial charge in [0.2, 0.25) is 0 Å².